The van der Waals surface area contributed by atoms with Gasteiger partial charge in [-0.15, -0.1) is 0 Å². The summed E-state index contributed by atoms with van der Waals surface area (Å²) >= 11 is 24.3. The van der Waals surface area contributed by atoms with Gasteiger partial charge in [-0.3, -0.25) is 14.4 Å². The molecule has 0 atom stereocenters. The van der Waals surface area contributed by atoms with Gasteiger partial charge < -0.3 is 74.4 Å². The van der Waals surface area contributed by atoms with Crippen LogP contribution < -0.4 is 36.6 Å². The Bertz CT molecular complexity index is 3840. The maximum atomic E-state index is 13.6. The SMILES string of the molecule is CC(C)(C)CC(C)(C)N.CC(C)(C)CC(C)(C)NC(=O)c1cc(B2OC(C)(C)C(C)(C)O2)cc(Cl)c1OCC[Si](C)(C)C.CC(C)(C)CC(C)(C)NC(=O)c1cccc(Cl)c1O.CC(C)(C)CC(C)(C)NC(=O)c1cccc(Cl)c1OCC[Si](C)(C)C.CC1(C)OB(B2OC(C)(C)C(C)(C)O2)OC1(C)C.O=C(O)c1cccc(Cl)c1O. The molecule has 4 aromatic carbocycles. The second-order valence-corrected chi connectivity index (χ2v) is 57.1. The number of carbonyl (C=O) groups is 4. The van der Waals surface area contributed by atoms with Crippen LogP contribution >= 0.6 is 46.4 Å². The van der Waals surface area contributed by atoms with E-state index < -0.39 is 60.0 Å². The number of hydrogen-bond donors (Lipinski definition) is 7. The fraction of sp³-hybridized carbons (Fsp3) is 0.682. The van der Waals surface area contributed by atoms with Crippen LogP contribution in [-0.2, 0) is 27.9 Å². The third-order valence-corrected chi connectivity index (χ3v) is 24.3. The molecule has 3 aliphatic rings. The number of amides is 3. The summed E-state index contributed by atoms with van der Waals surface area (Å²) in [6.07, 6.45) is 3.59. The van der Waals surface area contributed by atoms with Crippen molar-refractivity contribution in [2.24, 2.45) is 27.4 Å². The fourth-order valence-electron chi connectivity index (χ4n) is 13.8. The molecule has 0 bridgehead atoms. The summed E-state index contributed by atoms with van der Waals surface area (Å²) in [5, 5.41) is 37.7. The van der Waals surface area contributed by atoms with Gasteiger partial charge in [0, 0.05) is 38.3 Å². The van der Waals surface area contributed by atoms with E-state index in [0.717, 1.165) is 37.8 Å². The number of nitrogens with one attached hydrogen (secondary N) is 3. The molecule has 0 spiro atoms. The van der Waals surface area contributed by atoms with Crippen LogP contribution in [-0.4, -0.2) is 145 Å². The molecule has 3 amide bonds. The van der Waals surface area contributed by atoms with Crippen LogP contribution in [0.25, 0.3) is 0 Å². The number of halogens is 4. The lowest BCUT2D eigenvalue weighted by Crippen LogP contribution is -2.46. The average Bonchev–Trinajstić information content (AvgIpc) is 1.60. The number of carboxylic acids is 1. The quantitative estimate of drug-likeness (QED) is 0.0382. The van der Waals surface area contributed by atoms with E-state index in [9.17, 15) is 24.3 Å². The summed E-state index contributed by atoms with van der Waals surface area (Å²) in [6, 6.07) is 19.8. The standard InChI is InChI=1S/C26H45BClNO4Si.C20H34ClNO2Si.C15H22ClNO2.C12H24B2O4.C8H19N.C7H5ClO3/c1-23(2,3)17-24(4,5)29-22(30)19-15-18(27-32-25(6,7)26(8,9)33-27)16-20(28)21(19)31-13-14-34(10,11)12;1-19(2,3)14-20(4,5)22-18(23)15-10-9-11-16(21)17(15)24-12-13-25(6,7)8;1-14(2,3)9-15(4,5)17-13(19)10-7-6-8-11(16)12(10)18;1-9(2)10(3,4)16-13(15-9)14-17-11(5,6)12(7,8)18-14;1-7(2,3)6-8(4,5)9;8-5-3-1-2-4(6(5)9)7(10)11/h15-16H,13-14,17H2,1-12H3,(H,29,30);9-11H,12-14H2,1-8H3,(H,22,23);6-8,18H,9H2,1-5H3,(H,17,19);1-8H3;6,9H2,1-5H3;1-3,9H,(H,10,11). The predicted octanol–water partition coefficient (Wildman–Crippen LogP) is 22.4. The predicted molar refractivity (Wildman–Crippen MR) is 490 cm³/mol. The molecular formula is C88H149B3Cl4N4O15Si2. The first-order valence-electron chi connectivity index (χ1n) is 40.5. The number of phenols is 2. The fourth-order valence-corrected chi connectivity index (χ4v) is 16.1. The largest absolute Gasteiger partial charge is 0.506 e. The molecule has 3 aliphatic heterocycles. The molecule has 3 saturated heterocycles. The summed E-state index contributed by atoms with van der Waals surface area (Å²) in [5.41, 5.74) is 4.61. The topological polar surface area (TPSA) is 265 Å². The Morgan fingerprint density at radius 1 is 0.405 bits per heavy atom. The molecule has 7 rings (SSSR count). The second-order valence-electron chi connectivity index (χ2n) is 44.2. The van der Waals surface area contributed by atoms with Crippen LogP contribution in [0.4, 0.5) is 0 Å². The van der Waals surface area contributed by atoms with Gasteiger partial charge in [-0.1, -0.05) is 187 Å². The number of carboxylic acid groups (broad SMARTS) is 1. The number of para-hydroxylation sites is 3. The molecule has 4 aromatic rings. The molecule has 3 fully saturated rings. The number of ether oxygens (including phenoxy) is 2. The Hall–Kier alpha value is -4.53. The molecule has 116 heavy (non-hydrogen) atoms. The highest BCUT2D eigenvalue weighted by Gasteiger charge is 2.64. The van der Waals surface area contributed by atoms with Crippen LogP contribution in [0.15, 0.2) is 66.7 Å². The summed E-state index contributed by atoms with van der Waals surface area (Å²) in [6.45, 7) is 81.4. The first kappa shape index (κ1) is 108. The minimum atomic E-state index is -1.31. The maximum Gasteiger partial charge on any atom is 0.494 e. The van der Waals surface area contributed by atoms with E-state index in [1.807, 2.05) is 125 Å². The van der Waals surface area contributed by atoms with Gasteiger partial charge in [0.25, 0.3) is 17.7 Å². The van der Waals surface area contributed by atoms with Crippen LogP contribution in [0, 0.1) is 21.7 Å². The molecule has 19 nitrogen and oxygen atoms in total. The number of aromatic hydroxyl groups is 2. The lowest BCUT2D eigenvalue weighted by molar-refractivity contribution is 0.00578. The summed E-state index contributed by atoms with van der Waals surface area (Å²) < 4.78 is 48.4. The van der Waals surface area contributed by atoms with Gasteiger partial charge in [-0.05, 0) is 252 Å². The van der Waals surface area contributed by atoms with Gasteiger partial charge in [0.05, 0.1) is 83.6 Å². The Morgan fingerprint density at radius 3 is 0.974 bits per heavy atom. The van der Waals surface area contributed by atoms with Crippen molar-refractivity contribution < 1.29 is 71.9 Å². The van der Waals surface area contributed by atoms with E-state index in [1.54, 1.807) is 48.5 Å². The molecule has 0 radical (unpaired) electrons. The first-order valence-corrected chi connectivity index (χ1v) is 49.4. The van der Waals surface area contributed by atoms with Gasteiger partial charge in [0.1, 0.15) is 17.1 Å². The van der Waals surface area contributed by atoms with Crippen molar-refractivity contribution >= 4 is 113 Å². The second kappa shape index (κ2) is 40.2. The van der Waals surface area contributed by atoms with Crippen molar-refractivity contribution in [2.45, 2.75) is 354 Å². The monoisotopic (exact) mass is 1730 g/mol. The van der Waals surface area contributed by atoms with Crippen molar-refractivity contribution in [3.63, 3.8) is 0 Å². The molecular weight excluding hydrogens is 1580 g/mol. The zero-order valence-corrected chi connectivity index (χ0v) is 83.1. The van der Waals surface area contributed by atoms with Crippen molar-refractivity contribution in [1.29, 1.82) is 0 Å². The molecule has 3 heterocycles. The zero-order chi connectivity index (χ0) is 90.8. The summed E-state index contributed by atoms with van der Waals surface area (Å²) in [7, 11) is -4.09. The number of aromatic carboxylic acids is 1. The van der Waals surface area contributed by atoms with E-state index in [-0.39, 0.29) is 106 Å². The lowest BCUT2D eigenvalue weighted by Gasteiger charge is -2.33. The van der Waals surface area contributed by atoms with Crippen molar-refractivity contribution in [1.82, 2.24) is 16.0 Å². The van der Waals surface area contributed by atoms with Crippen molar-refractivity contribution in [2.75, 3.05) is 13.2 Å². The Balaban J connectivity index is 0.000000496. The Kier molecular flexibility index (Phi) is 37.3. The van der Waals surface area contributed by atoms with E-state index >= 15 is 0 Å². The van der Waals surface area contributed by atoms with Crippen molar-refractivity contribution in [3.8, 4) is 23.0 Å². The van der Waals surface area contributed by atoms with Gasteiger partial charge in [0.15, 0.2) is 11.5 Å². The van der Waals surface area contributed by atoms with Crippen molar-refractivity contribution in [3.05, 3.63) is 109 Å². The third kappa shape index (κ3) is 36.6. The van der Waals surface area contributed by atoms with Crippen LogP contribution in [0.1, 0.15) is 289 Å². The lowest BCUT2D eigenvalue weighted by atomic mass is 9.49. The first-order chi connectivity index (χ1) is 51.6. The molecule has 0 aliphatic carbocycles. The molecule has 0 aromatic heterocycles. The number of benzene rings is 4. The maximum absolute atomic E-state index is 13.6. The van der Waals surface area contributed by atoms with E-state index in [1.165, 1.54) is 18.2 Å². The smallest absolute Gasteiger partial charge is 0.494 e. The number of rotatable bonds is 21. The highest BCUT2D eigenvalue weighted by molar-refractivity contribution is 7.11. The molecule has 0 unspecified atom stereocenters. The number of phenolic OH excluding ortho intramolecular Hbond substituents is 1. The summed E-state index contributed by atoms with van der Waals surface area (Å²) in [5.74, 6) is -1.50. The van der Waals surface area contributed by atoms with Gasteiger partial charge in [-0.2, -0.15) is 0 Å². The van der Waals surface area contributed by atoms with Gasteiger partial charge in [-0.25, -0.2) is 4.79 Å². The Labute approximate surface area is 723 Å². The van der Waals surface area contributed by atoms with Crippen LogP contribution in [0.3, 0.4) is 0 Å². The third-order valence-electron chi connectivity index (χ3n) is 19.7. The average molecular weight is 1730 g/mol. The van der Waals surface area contributed by atoms with E-state index in [0.29, 0.717) is 56.8 Å². The number of carbonyl (C=O) groups excluding carboxylic acids is 3. The molecule has 0 saturated carbocycles. The molecule has 656 valence electrons. The number of hydrogen-bond acceptors (Lipinski definition) is 15. The van der Waals surface area contributed by atoms with E-state index in [2.05, 4.69) is 152 Å². The minimum Gasteiger partial charge on any atom is -0.506 e. The molecule has 8 N–H and O–H groups in total. The number of nitrogens with two attached hydrogens (primary N) is 1. The highest BCUT2D eigenvalue weighted by Crippen LogP contribution is 2.45. The van der Waals surface area contributed by atoms with Gasteiger partial charge >= 0.3 is 27.1 Å². The van der Waals surface area contributed by atoms with Gasteiger partial charge in [0.2, 0.25) is 0 Å². The van der Waals surface area contributed by atoms with E-state index in [4.69, 9.17) is 99.8 Å². The van der Waals surface area contributed by atoms with Crippen LogP contribution in [0.5, 0.6) is 23.0 Å². The summed E-state index contributed by atoms with van der Waals surface area (Å²) in [4.78, 5) is 49.0. The zero-order valence-electron chi connectivity index (χ0n) is 78.1. The highest BCUT2D eigenvalue weighted by atomic mass is 35.5. The van der Waals surface area contributed by atoms with Crippen LogP contribution in [0.2, 0.25) is 71.5 Å². The Morgan fingerprint density at radius 2 is 0.681 bits per heavy atom. The molecule has 28 heteroatoms. The normalized spacial score (nSPS) is 17.1. The minimum absolute atomic E-state index is 0.0156.